The minimum Gasteiger partial charge on any atom is -0.481 e. The number of aliphatic carboxylic acids is 1. The Kier molecular flexibility index (Phi) is 6.04. The van der Waals surface area contributed by atoms with Gasteiger partial charge in [0, 0.05) is 57.8 Å². The number of fused-ring (bicyclic) bond motifs is 5. The monoisotopic (exact) mass is 383 g/mol. The number of rotatable bonds is 2. The Morgan fingerprint density at radius 1 is 1.12 bits per heavy atom. The van der Waals surface area contributed by atoms with Crippen LogP contribution in [0, 0.1) is 40.4 Å². The van der Waals surface area contributed by atoms with Gasteiger partial charge in [-0.2, -0.15) is 0 Å². The van der Waals surface area contributed by atoms with Gasteiger partial charge < -0.3 is 5.11 Å². The van der Waals surface area contributed by atoms with Gasteiger partial charge in [-0.1, -0.05) is 26.3 Å². The van der Waals surface area contributed by atoms with Crippen LogP contribution in [0.3, 0.4) is 0 Å². The molecule has 0 unspecified atom stereocenters. The molecule has 139 valence electrons. The predicted molar refractivity (Wildman–Crippen MR) is 103 cm³/mol. The van der Waals surface area contributed by atoms with E-state index in [-0.39, 0.29) is 68.1 Å². The smallest absolute Gasteiger partial charge is 0.306 e. The van der Waals surface area contributed by atoms with Crippen molar-refractivity contribution in [3.63, 3.8) is 0 Å². The zero-order valence-electron chi connectivity index (χ0n) is 16.9. The van der Waals surface area contributed by atoms with Gasteiger partial charge in [0.1, 0.15) is 0 Å². The van der Waals surface area contributed by atoms with Gasteiger partial charge in [-0.05, 0) is 85.5 Å². The molecule has 7 atom stereocenters. The molecule has 0 amide bonds. The first-order valence-electron chi connectivity index (χ1n) is 10.2. The Bertz CT molecular complexity index is 641. The van der Waals surface area contributed by atoms with E-state index in [2.05, 4.69) is 13.8 Å². The second kappa shape index (κ2) is 7.40. The van der Waals surface area contributed by atoms with Crippen LogP contribution in [0.15, 0.2) is 11.6 Å². The van der Waals surface area contributed by atoms with Crippen LogP contribution < -0.4 is 0 Å². The third kappa shape index (κ3) is 3.06. The van der Waals surface area contributed by atoms with Gasteiger partial charge in [-0.3, -0.25) is 9.59 Å². The second-order valence-electron chi connectivity index (χ2n) is 9.82. The van der Waals surface area contributed by atoms with Crippen LogP contribution in [0.2, 0.25) is 0 Å². The van der Waals surface area contributed by atoms with Crippen LogP contribution in [0.25, 0.3) is 0 Å². The number of carbonyl (C=O) groups excluding carboxylic acids is 1. The van der Waals surface area contributed by atoms with Crippen molar-refractivity contribution >= 4 is 63.1 Å². The normalized spacial score (nSPS) is 45.5. The minimum atomic E-state index is -0.624. The molecule has 1 N–H and O–H groups in total. The molecule has 1 radical (unpaired) electrons. The van der Waals surface area contributed by atoms with E-state index in [0.29, 0.717) is 30.0 Å². The third-order valence-corrected chi connectivity index (χ3v) is 9.03. The fourth-order valence-electron chi connectivity index (χ4n) is 7.59. The van der Waals surface area contributed by atoms with Crippen LogP contribution in [0.1, 0.15) is 72.1 Å². The molecule has 0 saturated heterocycles. The summed E-state index contributed by atoms with van der Waals surface area (Å²) in [4.78, 5) is 23.5. The Balaban J connectivity index is 0.00000196. The number of carboxylic acids is 1. The maximum atomic E-state index is 11.9. The maximum Gasteiger partial charge on any atom is 0.306 e. The van der Waals surface area contributed by atoms with E-state index in [9.17, 15) is 14.7 Å². The SMILES string of the molecule is C[C@H](C(=O)O)[C@H]1CC[C@H]2[C@@H]3CCC4=CC(=O)CC[C@]4(C)[C@H]3CC[C@]12C.[K]. The number of hydrogen-bond acceptors (Lipinski definition) is 2. The Morgan fingerprint density at radius 3 is 2.54 bits per heavy atom. The van der Waals surface area contributed by atoms with E-state index in [1.165, 1.54) is 24.8 Å². The van der Waals surface area contributed by atoms with E-state index in [0.717, 1.165) is 31.6 Å². The molecule has 3 saturated carbocycles. The van der Waals surface area contributed by atoms with Crippen LogP contribution in [-0.4, -0.2) is 68.2 Å². The van der Waals surface area contributed by atoms with Gasteiger partial charge in [0.05, 0.1) is 5.92 Å². The molecule has 0 aliphatic heterocycles. The molecule has 26 heavy (non-hydrogen) atoms. The molecule has 0 heterocycles. The second-order valence-corrected chi connectivity index (χ2v) is 9.82. The van der Waals surface area contributed by atoms with Gasteiger partial charge in [0.2, 0.25) is 0 Å². The minimum absolute atomic E-state index is 0. The molecule has 0 aromatic rings. The van der Waals surface area contributed by atoms with Gasteiger partial charge in [0.25, 0.3) is 0 Å². The molecule has 0 bridgehead atoms. The summed E-state index contributed by atoms with van der Waals surface area (Å²) in [5.74, 6) is 1.89. The first-order chi connectivity index (χ1) is 11.8. The molecule has 4 rings (SSSR count). The number of allylic oxidation sites excluding steroid dienone is 1. The summed E-state index contributed by atoms with van der Waals surface area (Å²) in [6, 6.07) is 0. The fourth-order valence-corrected chi connectivity index (χ4v) is 7.59. The Hall–Kier alpha value is 0.516. The largest absolute Gasteiger partial charge is 0.481 e. The van der Waals surface area contributed by atoms with E-state index in [1.807, 2.05) is 13.0 Å². The topological polar surface area (TPSA) is 54.4 Å². The van der Waals surface area contributed by atoms with E-state index < -0.39 is 5.97 Å². The van der Waals surface area contributed by atoms with Crippen molar-refractivity contribution in [3.05, 3.63) is 11.6 Å². The molecule has 0 aromatic heterocycles. The molecule has 4 aliphatic carbocycles. The molecule has 4 heteroatoms. The van der Waals surface area contributed by atoms with Crippen molar-refractivity contribution in [1.82, 2.24) is 0 Å². The maximum absolute atomic E-state index is 11.9. The van der Waals surface area contributed by atoms with Crippen LogP contribution in [0.4, 0.5) is 0 Å². The van der Waals surface area contributed by atoms with Crippen LogP contribution in [0.5, 0.6) is 0 Å². The summed E-state index contributed by atoms with van der Waals surface area (Å²) in [5, 5.41) is 9.56. The van der Waals surface area contributed by atoms with Crippen molar-refractivity contribution in [2.24, 2.45) is 40.4 Å². The molecular formula is C22H32KO3. The summed E-state index contributed by atoms with van der Waals surface area (Å²) in [5.41, 5.74) is 1.83. The van der Waals surface area contributed by atoms with Crippen molar-refractivity contribution < 1.29 is 14.7 Å². The first-order valence-corrected chi connectivity index (χ1v) is 10.2. The molecule has 3 nitrogen and oxygen atoms in total. The zero-order valence-corrected chi connectivity index (χ0v) is 20.0. The van der Waals surface area contributed by atoms with Crippen LogP contribution in [-0.2, 0) is 9.59 Å². The molecule has 3 fully saturated rings. The van der Waals surface area contributed by atoms with Crippen molar-refractivity contribution in [2.45, 2.75) is 72.1 Å². The number of ketones is 1. The quantitative estimate of drug-likeness (QED) is 0.716. The van der Waals surface area contributed by atoms with Gasteiger partial charge in [-0.15, -0.1) is 0 Å². The van der Waals surface area contributed by atoms with Gasteiger partial charge >= 0.3 is 5.97 Å². The molecule has 0 spiro atoms. The summed E-state index contributed by atoms with van der Waals surface area (Å²) in [6.07, 6.45) is 10.6. The standard InChI is InChI=1S/C22H32O3.K/c1-13(20(24)25)17-6-7-18-16-5-4-14-12-15(23)8-10-21(14,2)19(16)9-11-22(17,18)3;/h12-13,16-19H,4-11H2,1-3H3,(H,24,25);/t13-,16-,17+,18-,19-,21-,22+;/m0./s1. The first kappa shape index (κ1) is 21.2. The van der Waals surface area contributed by atoms with E-state index in [1.54, 1.807) is 0 Å². The summed E-state index contributed by atoms with van der Waals surface area (Å²) in [6.45, 7) is 6.72. The molecular weight excluding hydrogens is 351 g/mol. The number of carboxylic acid groups (broad SMARTS) is 1. The van der Waals surface area contributed by atoms with E-state index >= 15 is 0 Å². The van der Waals surface area contributed by atoms with Gasteiger partial charge in [-0.25, -0.2) is 0 Å². The average molecular weight is 384 g/mol. The Morgan fingerprint density at radius 2 is 1.85 bits per heavy atom. The number of carbonyl (C=O) groups is 2. The molecule has 4 aliphatic rings. The predicted octanol–water partition coefficient (Wildman–Crippen LogP) is 4.47. The Labute approximate surface area is 200 Å². The van der Waals surface area contributed by atoms with Crippen LogP contribution >= 0.6 is 0 Å². The fraction of sp³-hybridized carbons (Fsp3) is 0.818. The molecule has 0 aromatic carbocycles. The average Bonchev–Trinajstić information content (AvgIpc) is 2.92. The van der Waals surface area contributed by atoms with Gasteiger partial charge in [0.15, 0.2) is 5.78 Å². The van der Waals surface area contributed by atoms with Crippen molar-refractivity contribution in [3.8, 4) is 0 Å². The summed E-state index contributed by atoms with van der Waals surface area (Å²) >= 11 is 0. The number of hydrogen-bond donors (Lipinski definition) is 1. The summed E-state index contributed by atoms with van der Waals surface area (Å²) in [7, 11) is 0. The van der Waals surface area contributed by atoms with Crippen molar-refractivity contribution in [2.75, 3.05) is 0 Å². The van der Waals surface area contributed by atoms with E-state index in [4.69, 9.17) is 0 Å². The van der Waals surface area contributed by atoms with Crippen molar-refractivity contribution in [1.29, 1.82) is 0 Å². The zero-order chi connectivity index (χ0) is 18.0. The summed E-state index contributed by atoms with van der Waals surface area (Å²) < 4.78 is 0. The third-order valence-electron chi connectivity index (χ3n) is 9.03.